The van der Waals surface area contributed by atoms with Crippen LogP contribution in [-0.2, 0) is 11.2 Å². The van der Waals surface area contributed by atoms with E-state index in [1.807, 2.05) is 0 Å². The highest BCUT2D eigenvalue weighted by Crippen LogP contribution is 2.26. The second-order valence-corrected chi connectivity index (χ2v) is 8.04. The van der Waals surface area contributed by atoms with Gasteiger partial charge in [-0.05, 0) is 55.3 Å². The predicted molar refractivity (Wildman–Crippen MR) is 122 cm³/mol. The van der Waals surface area contributed by atoms with Crippen molar-refractivity contribution in [1.82, 2.24) is 14.9 Å². The average Bonchev–Trinajstić information content (AvgIpc) is 3.31. The Balaban J connectivity index is 1.37. The molecule has 7 nitrogen and oxygen atoms in total. The standard InChI is InChI=1S/C25H25FN4O3/c1-16-22(25(32)29-20-7-9-21(33-2)10-8-20)14-27-24(28-16)18-11-12-30(15-18)23(31)13-17-3-5-19(26)6-4-17/h3-10,14,18H,11-13,15H2,1-2H3,(H,29,32)/t18-/m1/s1. The monoisotopic (exact) mass is 448 g/mol. The van der Waals surface area contributed by atoms with Crippen LogP contribution in [0, 0.1) is 12.7 Å². The van der Waals surface area contributed by atoms with Crippen LogP contribution in [0.4, 0.5) is 10.1 Å². The Bertz CT molecular complexity index is 1150. The normalized spacial score (nSPS) is 15.4. The van der Waals surface area contributed by atoms with E-state index in [9.17, 15) is 14.0 Å². The number of nitrogens with one attached hydrogen (secondary N) is 1. The van der Waals surface area contributed by atoms with E-state index in [0.29, 0.717) is 41.6 Å². The van der Waals surface area contributed by atoms with Crippen LogP contribution < -0.4 is 10.1 Å². The summed E-state index contributed by atoms with van der Waals surface area (Å²) >= 11 is 0. The number of methoxy groups -OCH3 is 1. The molecular weight excluding hydrogens is 423 g/mol. The van der Waals surface area contributed by atoms with E-state index in [1.54, 1.807) is 61.5 Å². The molecular formula is C25H25FN4O3. The Morgan fingerprint density at radius 3 is 2.55 bits per heavy atom. The summed E-state index contributed by atoms with van der Waals surface area (Å²) in [5.41, 5.74) is 2.42. The van der Waals surface area contributed by atoms with E-state index in [2.05, 4.69) is 15.3 Å². The molecule has 33 heavy (non-hydrogen) atoms. The third kappa shape index (κ3) is 5.34. The molecule has 2 heterocycles. The molecule has 1 aliphatic rings. The molecule has 4 rings (SSSR count). The molecule has 1 aromatic heterocycles. The van der Waals surface area contributed by atoms with Crippen LogP contribution in [0.2, 0.25) is 0 Å². The fraction of sp³-hybridized carbons (Fsp3) is 0.280. The van der Waals surface area contributed by atoms with Crippen LogP contribution in [0.5, 0.6) is 5.75 Å². The number of carbonyl (C=O) groups excluding carboxylic acids is 2. The van der Waals surface area contributed by atoms with Crippen LogP contribution in [0.25, 0.3) is 0 Å². The van der Waals surface area contributed by atoms with Crippen molar-refractivity contribution in [2.45, 2.75) is 25.7 Å². The van der Waals surface area contributed by atoms with Crippen LogP contribution in [0.3, 0.4) is 0 Å². The first-order chi connectivity index (χ1) is 15.9. The highest BCUT2D eigenvalue weighted by Gasteiger charge is 2.29. The van der Waals surface area contributed by atoms with Gasteiger partial charge in [0.1, 0.15) is 17.4 Å². The number of hydrogen-bond donors (Lipinski definition) is 1. The topological polar surface area (TPSA) is 84.4 Å². The van der Waals surface area contributed by atoms with Crippen molar-refractivity contribution in [1.29, 1.82) is 0 Å². The number of aryl methyl sites for hydroxylation is 1. The lowest BCUT2D eigenvalue weighted by molar-refractivity contribution is -0.129. The molecule has 0 radical (unpaired) electrons. The number of amides is 2. The largest absolute Gasteiger partial charge is 0.497 e. The Labute approximate surface area is 191 Å². The summed E-state index contributed by atoms with van der Waals surface area (Å²) in [4.78, 5) is 36.1. The summed E-state index contributed by atoms with van der Waals surface area (Å²) in [5.74, 6) is 0.743. The first kappa shape index (κ1) is 22.4. The van der Waals surface area contributed by atoms with Crippen LogP contribution in [0.1, 0.15) is 39.8 Å². The van der Waals surface area contributed by atoms with Crippen molar-refractivity contribution < 1.29 is 18.7 Å². The zero-order valence-electron chi connectivity index (χ0n) is 18.5. The molecule has 1 N–H and O–H groups in total. The number of hydrogen-bond acceptors (Lipinski definition) is 5. The predicted octanol–water partition coefficient (Wildman–Crippen LogP) is 3.74. The molecule has 170 valence electrons. The van der Waals surface area contributed by atoms with E-state index in [0.717, 1.165) is 12.0 Å². The molecule has 2 amide bonds. The third-order valence-electron chi connectivity index (χ3n) is 5.77. The van der Waals surface area contributed by atoms with Gasteiger partial charge in [0.2, 0.25) is 5.91 Å². The van der Waals surface area contributed by atoms with Gasteiger partial charge in [-0.25, -0.2) is 14.4 Å². The minimum absolute atomic E-state index is 0.00341. The number of likely N-dealkylation sites (tertiary alicyclic amines) is 1. The third-order valence-corrected chi connectivity index (χ3v) is 5.77. The van der Waals surface area contributed by atoms with Gasteiger partial charge in [0.05, 0.1) is 24.8 Å². The molecule has 0 spiro atoms. The summed E-state index contributed by atoms with van der Waals surface area (Å²) in [6.45, 7) is 2.92. The van der Waals surface area contributed by atoms with Crippen molar-refractivity contribution in [2.24, 2.45) is 0 Å². The smallest absolute Gasteiger partial charge is 0.259 e. The Morgan fingerprint density at radius 1 is 1.15 bits per heavy atom. The molecule has 1 atom stereocenters. The highest BCUT2D eigenvalue weighted by atomic mass is 19.1. The summed E-state index contributed by atoms with van der Waals surface area (Å²) in [7, 11) is 1.58. The molecule has 1 fully saturated rings. The first-order valence-electron chi connectivity index (χ1n) is 10.7. The Hall–Kier alpha value is -3.81. The molecule has 0 unspecified atom stereocenters. The van der Waals surface area contributed by atoms with E-state index < -0.39 is 0 Å². The van der Waals surface area contributed by atoms with Crippen molar-refractivity contribution in [2.75, 3.05) is 25.5 Å². The summed E-state index contributed by atoms with van der Waals surface area (Å²) in [6, 6.07) is 13.0. The van der Waals surface area contributed by atoms with Crippen molar-refractivity contribution in [3.8, 4) is 5.75 Å². The van der Waals surface area contributed by atoms with Crippen LogP contribution in [0.15, 0.2) is 54.7 Å². The maximum Gasteiger partial charge on any atom is 0.259 e. The zero-order chi connectivity index (χ0) is 23.4. The lowest BCUT2D eigenvalue weighted by Crippen LogP contribution is -2.30. The average molecular weight is 448 g/mol. The molecule has 1 saturated heterocycles. The minimum Gasteiger partial charge on any atom is -0.497 e. The van der Waals surface area contributed by atoms with Gasteiger partial charge in [0.25, 0.3) is 5.91 Å². The van der Waals surface area contributed by atoms with Crippen molar-refractivity contribution in [3.05, 3.63) is 83.2 Å². The Morgan fingerprint density at radius 2 is 1.88 bits per heavy atom. The van der Waals surface area contributed by atoms with Gasteiger partial charge in [0.15, 0.2) is 0 Å². The highest BCUT2D eigenvalue weighted by molar-refractivity contribution is 6.04. The summed E-state index contributed by atoms with van der Waals surface area (Å²) < 4.78 is 18.2. The van der Waals surface area contributed by atoms with Gasteiger partial charge < -0.3 is 15.0 Å². The van der Waals surface area contributed by atoms with Gasteiger partial charge in [-0.2, -0.15) is 0 Å². The quantitative estimate of drug-likeness (QED) is 0.621. The molecule has 0 aliphatic carbocycles. The lowest BCUT2D eigenvalue weighted by Gasteiger charge is -2.16. The SMILES string of the molecule is COc1ccc(NC(=O)c2cnc([C@@H]3CCN(C(=O)Cc4ccc(F)cc4)C3)nc2C)cc1. The van der Waals surface area contributed by atoms with Gasteiger partial charge in [-0.1, -0.05) is 12.1 Å². The number of anilines is 1. The van der Waals surface area contributed by atoms with Crippen LogP contribution in [-0.4, -0.2) is 46.9 Å². The van der Waals surface area contributed by atoms with Crippen LogP contribution >= 0.6 is 0 Å². The number of nitrogens with zero attached hydrogens (tertiary/aromatic N) is 3. The van der Waals surface area contributed by atoms with Crippen molar-refractivity contribution in [3.63, 3.8) is 0 Å². The van der Waals surface area contributed by atoms with Gasteiger partial charge in [-0.15, -0.1) is 0 Å². The second-order valence-electron chi connectivity index (χ2n) is 8.04. The zero-order valence-corrected chi connectivity index (χ0v) is 18.5. The van der Waals surface area contributed by atoms with E-state index in [4.69, 9.17) is 4.74 Å². The van der Waals surface area contributed by atoms with Crippen molar-refractivity contribution >= 4 is 17.5 Å². The molecule has 3 aromatic rings. The molecule has 1 aliphatic heterocycles. The maximum atomic E-state index is 13.1. The fourth-order valence-electron chi connectivity index (χ4n) is 3.86. The first-order valence-corrected chi connectivity index (χ1v) is 10.7. The fourth-order valence-corrected chi connectivity index (χ4v) is 3.86. The van der Waals surface area contributed by atoms with Gasteiger partial charge >= 0.3 is 0 Å². The molecule has 2 aromatic carbocycles. The number of halogens is 1. The van der Waals surface area contributed by atoms with Gasteiger partial charge in [0, 0.05) is 30.9 Å². The molecule has 0 saturated carbocycles. The Kier molecular flexibility index (Phi) is 6.63. The number of benzene rings is 2. The number of carbonyl (C=O) groups is 2. The van der Waals surface area contributed by atoms with E-state index >= 15 is 0 Å². The minimum atomic E-state index is -0.318. The molecule has 8 heteroatoms. The number of aromatic nitrogens is 2. The van der Waals surface area contributed by atoms with E-state index in [1.165, 1.54) is 12.1 Å². The lowest BCUT2D eigenvalue weighted by atomic mass is 10.1. The van der Waals surface area contributed by atoms with E-state index in [-0.39, 0.29) is 30.0 Å². The summed E-state index contributed by atoms with van der Waals surface area (Å²) in [5, 5.41) is 2.84. The number of rotatable bonds is 6. The second kappa shape index (κ2) is 9.77. The molecule has 0 bridgehead atoms. The number of ether oxygens (including phenoxy) is 1. The summed E-state index contributed by atoms with van der Waals surface area (Å²) in [6.07, 6.45) is 2.53. The maximum absolute atomic E-state index is 13.1. The van der Waals surface area contributed by atoms with Gasteiger partial charge in [-0.3, -0.25) is 9.59 Å².